The van der Waals surface area contributed by atoms with Crippen LogP contribution < -0.4 is 9.64 Å². The number of hydrogen-bond acceptors (Lipinski definition) is 6. The van der Waals surface area contributed by atoms with E-state index in [1.807, 2.05) is 35.2 Å². The van der Waals surface area contributed by atoms with Crippen LogP contribution in [-0.2, 0) is 17.9 Å². The molecule has 8 nitrogen and oxygen atoms in total. The van der Waals surface area contributed by atoms with Crippen LogP contribution in [0.15, 0.2) is 48.5 Å². The van der Waals surface area contributed by atoms with Gasteiger partial charge in [-0.05, 0) is 29.8 Å². The summed E-state index contributed by atoms with van der Waals surface area (Å²) in [7, 11) is 1.63. The third-order valence-corrected chi connectivity index (χ3v) is 6.05. The van der Waals surface area contributed by atoms with Crippen LogP contribution >= 0.6 is 0 Å². The van der Waals surface area contributed by atoms with Crippen LogP contribution in [0.25, 0.3) is 0 Å². The maximum atomic E-state index is 14.1. The number of halogens is 1. The van der Waals surface area contributed by atoms with Crippen molar-refractivity contribution in [3.05, 3.63) is 71.3 Å². The standard InChI is InChI=1S/C23H24FN5O3/c1-31-17-8-6-16(7-9-17)21-14-29-20(15-32-21)22(25-26-29)23(30)28-12-10-27(11-13-28)19-5-3-2-4-18(19)24/h2-9,21H,10-15H2,1H3/t21-/m0/s1. The molecule has 3 heterocycles. The van der Waals surface area contributed by atoms with Crippen LogP contribution in [0.4, 0.5) is 10.1 Å². The van der Waals surface area contributed by atoms with Crippen LogP contribution in [-0.4, -0.2) is 59.1 Å². The lowest BCUT2D eigenvalue weighted by Gasteiger charge is -2.36. The monoisotopic (exact) mass is 437 g/mol. The number of para-hydroxylation sites is 1. The molecule has 2 aliphatic heterocycles. The molecule has 9 heteroatoms. The van der Waals surface area contributed by atoms with E-state index >= 15 is 0 Å². The van der Waals surface area contributed by atoms with Crippen molar-refractivity contribution in [2.24, 2.45) is 0 Å². The number of amides is 1. The Kier molecular flexibility index (Phi) is 5.48. The molecule has 0 N–H and O–H groups in total. The van der Waals surface area contributed by atoms with Crippen molar-refractivity contribution in [1.29, 1.82) is 0 Å². The number of piperazine rings is 1. The molecule has 1 atom stereocenters. The fourth-order valence-electron chi connectivity index (χ4n) is 4.21. The third kappa shape index (κ3) is 3.80. The minimum Gasteiger partial charge on any atom is -0.497 e. The first-order chi connectivity index (χ1) is 15.6. The predicted molar refractivity (Wildman–Crippen MR) is 115 cm³/mol. The smallest absolute Gasteiger partial charge is 0.276 e. The van der Waals surface area contributed by atoms with Crippen molar-refractivity contribution >= 4 is 11.6 Å². The van der Waals surface area contributed by atoms with Crippen molar-refractivity contribution in [1.82, 2.24) is 19.9 Å². The Morgan fingerprint density at radius 2 is 1.84 bits per heavy atom. The SMILES string of the molecule is COc1ccc([C@@H]2Cn3nnc(C(=O)N4CCN(c5ccccc5F)CC4)c3CO2)cc1. The fourth-order valence-corrected chi connectivity index (χ4v) is 4.21. The van der Waals surface area contributed by atoms with Gasteiger partial charge in [-0.2, -0.15) is 0 Å². The molecule has 0 saturated carbocycles. The first-order valence-corrected chi connectivity index (χ1v) is 10.6. The van der Waals surface area contributed by atoms with Gasteiger partial charge in [-0.3, -0.25) is 4.79 Å². The summed E-state index contributed by atoms with van der Waals surface area (Å²) >= 11 is 0. The van der Waals surface area contributed by atoms with Gasteiger partial charge in [-0.1, -0.05) is 29.5 Å². The van der Waals surface area contributed by atoms with Crippen molar-refractivity contribution in [2.45, 2.75) is 19.3 Å². The first-order valence-electron chi connectivity index (χ1n) is 10.6. The van der Waals surface area contributed by atoms with E-state index in [1.165, 1.54) is 6.07 Å². The molecule has 2 aromatic carbocycles. The molecule has 3 aromatic rings. The third-order valence-electron chi connectivity index (χ3n) is 6.05. The Labute approximate surface area is 185 Å². The highest BCUT2D eigenvalue weighted by molar-refractivity contribution is 5.93. The molecule has 2 aliphatic rings. The van der Waals surface area contributed by atoms with E-state index in [9.17, 15) is 9.18 Å². The molecule has 0 unspecified atom stereocenters. The van der Waals surface area contributed by atoms with Crippen LogP contribution in [0.5, 0.6) is 5.75 Å². The summed E-state index contributed by atoms with van der Waals surface area (Å²) in [5.41, 5.74) is 2.61. The van der Waals surface area contributed by atoms with Gasteiger partial charge in [0.1, 0.15) is 17.7 Å². The van der Waals surface area contributed by atoms with Gasteiger partial charge in [0.2, 0.25) is 0 Å². The number of ether oxygens (including phenoxy) is 2. The fraction of sp³-hybridized carbons (Fsp3) is 0.348. The van der Waals surface area contributed by atoms with Gasteiger partial charge in [-0.15, -0.1) is 5.10 Å². The lowest BCUT2D eigenvalue weighted by Crippen LogP contribution is -2.49. The summed E-state index contributed by atoms with van der Waals surface area (Å²) in [5, 5.41) is 8.38. The van der Waals surface area contributed by atoms with E-state index in [-0.39, 0.29) is 24.4 Å². The van der Waals surface area contributed by atoms with E-state index in [2.05, 4.69) is 10.3 Å². The van der Waals surface area contributed by atoms with Gasteiger partial charge < -0.3 is 19.3 Å². The maximum Gasteiger partial charge on any atom is 0.276 e. The number of carbonyl (C=O) groups excluding carboxylic acids is 1. The minimum atomic E-state index is -0.247. The maximum absolute atomic E-state index is 14.1. The summed E-state index contributed by atoms with van der Waals surface area (Å²) in [6, 6.07) is 14.4. The molecule has 1 aromatic heterocycles. The van der Waals surface area contributed by atoms with Crippen LogP contribution in [0, 0.1) is 5.82 Å². The van der Waals surface area contributed by atoms with Crippen molar-refractivity contribution in [3.8, 4) is 5.75 Å². The normalized spacial score (nSPS) is 18.4. The van der Waals surface area contributed by atoms with Crippen LogP contribution in [0.1, 0.15) is 27.8 Å². The number of aromatic nitrogens is 3. The van der Waals surface area contributed by atoms with E-state index in [4.69, 9.17) is 9.47 Å². The Morgan fingerprint density at radius 3 is 2.56 bits per heavy atom. The molecular formula is C23H24FN5O3. The second-order valence-electron chi connectivity index (χ2n) is 7.87. The number of hydrogen-bond donors (Lipinski definition) is 0. The minimum absolute atomic E-state index is 0.161. The van der Waals surface area contributed by atoms with E-state index in [1.54, 1.807) is 28.8 Å². The van der Waals surface area contributed by atoms with E-state index in [0.717, 1.165) is 11.3 Å². The molecule has 0 radical (unpaired) electrons. The van der Waals surface area contributed by atoms with Gasteiger partial charge in [0, 0.05) is 26.2 Å². The molecule has 1 fully saturated rings. The van der Waals surface area contributed by atoms with Gasteiger partial charge >= 0.3 is 0 Å². The lowest BCUT2D eigenvalue weighted by atomic mass is 10.1. The topological polar surface area (TPSA) is 72.7 Å². The average molecular weight is 437 g/mol. The summed E-state index contributed by atoms with van der Waals surface area (Å²) in [4.78, 5) is 16.8. The zero-order valence-corrected chi connectivity index (χ0v) is 17.8. The molecular weight excluding hydrogens is 413 g/mol. The number of methoxy groups -OCH3 is 1. The summed E-state index contributed by atoms with van der Waals surface area (Å²) in [6.07, 6.45) is -0.164. The zero-order valence-electron chi connectivity index (χ0n) is 17.8. The van der Waals surface area contributed by atoms with Gasteiger partial charge in [0.15, 0.2) is 5.69 Å². The predicted octanol–water partition coefficient (Wildman–Crippen LogP) is 2.66. The lowest BCUT2D eigenvalue weighted by molar-refractivity contribution is -0.00198. The largest absolute Gasteiger partial charge is 0.497 e. The first kappa shape index (κ1) is 20.4. The summed E-state index contributed by atoms with van der Waals surface area (Å²) < 4.78 is 27.1. The number of nitrogens with zero attached hydrogens (tertiary/aromatic N) is 5. The molecule has 1 saturated heterocycles. The molecule has 0 spiro atoms. The number of fused-ring (bicyclic) bond motifs is 1. The highest BCUT2D eigenvalue weighted by Gasteiger charge is 2.31. The zero-order chi connectivity index (χ0) is 22.1. The highest BCUT2D eigenvalue weighted by Crippen LogP contribution is 2.29. The van der Waals surface area contributed by atoms with Crippen LogP contribution in [0.3, 0.4) is 0 Å². The van der Waals surface area contributed by atoms with Gasteiger partial charge in [0.05, 0.1) is 31.6 Å². The number of carbonyl (C=O) groups is 1. The molecule has 1 amide bonds. The van der Waals surface area contributed by atoms with Crippen molar-refractivity contribution in [2.75, 3.05) is 38.2 Å². The molecule has 0 aliphatic carbocycles. The summed E-state index contributed by atoms with van der Waals surface area (Å²) in [5.74, 6) is 0.378. The summed E-state index contributed by atoms with van der Waals surface area (Å²) in [6.45, 7) is 2.87. The second-order valence-corrected chi connectivity index (χ2v) is 7.87. The average Bonchev–Trinajstić information content (AvgIpc) is 3.27. The van der Waals surface area contributed by atoms with Crippen molar-refractivity contribution in [3.63, 3.8) is 0 Å². The molecule has 32 heavy (non-hydrogen) atoms. The number of rotatable bonds is 4. The van der Waals surface area contributed by atoms with Crippen LogP contribution in [0.2, 0.25) is 0 Å². The highest BCUT2D eigenvalue weighted by atomic mass is 19.1. The van der Waals surface area contributed by atoms with Crippen molar-refractivity contribution < 1.29 is 18.7 Å². The Bertz CT molecular complexity index is 1110. The Hall–Kier alpha value is -3.46. The Balaban J connectivity index is 1.25. The van der Waals surface area contributed by atoms with E-state index in [0.29, 0.717) is 49.8 Å². The van der Waals surface area contributed by atoms with Gasteiger partial charge in [-0.25, -0.2) is 9.07 Å². The Morgan fingerprint density at radius 1 is 1.09 bits per heavy atom. The molecule has 5 rings (SSSR count). The molecule has 166 valence electrons. The number of benzene rings is 2. The number of anilines is 1. The van der Waals surface area contributed by atoms with E-state index < -0.39 is 0 Å². The second kappa shape index (κ2) is 8.58. The van der Waals surface area contributed by atoms with Gasteiger partial charge in [0.25, 0.3) is 5.91 Å². The molecule has 0 bridgehead atoms. The quantitative estimate of drug-likeness (QED) is 0.625.